The highest BCUT2D eigenvalue weighted by Crippen LogP contribution is 2.63. The van der Waals surface area contributed by atoms with E-state index in [4.69, 9.17) is 23.7 Å². The van der Waals surface area contributed by atoms with Crippen molar-refractivity contribution in [1.29, 1.82) is 0 Å². The minimum absolute atomic E-state index is 0.00329. The molecule has 1 saturated carbocycles. The molecule has 0 amide bonds. The number of hydrogen-bond donors (Lipinski definition) is 1. The molecule has 7 aliphatic rings. The molecular formula is C29H38O9. The van der Waals surface area contributed by atoms with Crippen molar-refractivity contribution in [2.45, 2.75) is 120 Å². The second kappa shape index (κ2) is 7.61. The smallest absolute Gasteiger partial charge is 0.309 e. The molecule has 208 valence electrons. The summed E-state index contributed by atoms with van der Waals surface area (Å²) in [6.07, 6.45) is 2.16. The van der Waals surface area contributed by atoms with Gasteiger partial charge in [0.05, 0.1) is 35.6 Å². The maximum atomic E-state index is 13.9. The fourth-order valence-corrected chi connectivity index (χ4v) is 9.36. The minimum atomic E-state index is -1.26. The molecule has 6 heterocycles. The van der Waals surface area contributed by atoms with Crippen molar-refractivity contribution in [1.82, 2.24) is 0 Å². The van der Waals surface area contributed by atoms with Crippen molar-refractivity contribution >= 4 is 17.7 Å². The van der Waals surface area contributed by atoms with Crippen molar-refractivity contribution in [3.63, 3.8) is 0 Å². The van der Waals surface area contributed by atoms with Crippen LogP contribution in [0, 0.1) is 29.6 Å². The fourth-order valence-electron chi connectivity index (χ4n) is 9.36. The minimum Gasteiger partial charge on any atom is -0.480 e. The summed E-state index contributed by atoms with van der Waals surface area (Å²) in [5.74, 6) is -1.49. The second-order valence-electron chi connectivity index (χ2n) is 13.7. The van der Waals surface area contributed by atoms with Crippen molar-refractivity contribution in [3.8, 4) is 0 Å². The number of rotatable bonds is 1. The van der Waals surface area contributed by atoms with E-state index in [0.29, 0.717) is 32.1 Å². The molecule has 6 aliphatic heterocycles. The van der Waals surface area contributed by atoms with Gasteiger partial charge in [-0.3, -0.25) is 14.4 Å². The van der Waals surface area contributed by atoms with Gasteiger partial charge in [-0.15, -0.1) is 0 Å². The highest BCUT2D eigenvalue weighted by molar-refractivity contribution is 5.98. The van der Waals surface area contributed by atoms with Crippen LogP contribution in [-0.2, 0) is 38.1 Å². The Morgan fingerprint density at radius 1 is 1.00 bits per heavy atom. The van der Waals surface area contributed by atoms with E-state index in [-0.39, 0.29) is 59.8 Å². The maximum Gasteiger partial charge on any atom is 0.309 e. The molecule has 0 aromatic heterocycles. The zero-order valence-corrected chi connectivity index (χ0v) is 22.7. The molecule has 1 N–H and O–H groups in total. The molecule has 12 atom stereocenters. The third-order valence-electron chi connectivity index (χ3n) is 11.2. The van der Waals surface area contributed by atoms with Crippen LogP contribution < -0.4 is 0 Å². The summed E-state index contributed by atoms with van der Waals surface area (Å²) in [5, 5.41) is 12.3. The van der Waals surface area contributed by atoms with Crippen LogP contribution in [0.1, 0.15) is 73.1 Å². The van der Waals surface area contributed by atoms with Crippen LogP contribution in [0.15, 0.2) is 11.8 Å². The van der Waals surface area contributed by atoms with Gasteiger partial charge in [0.15, 0.2) is 11.4 Å². The Kier molecular flexibility index (Phi) is 5.01. The Balaban J connectivity index is 1.28. The van der Waals surface area contributed by atoms with Gasteiger partial charge in [0.25, 0.3) is 0 Å². The standard InChI is InChI=1S/C29H38O9/c1-13-10-18(34-24(13)32)23-14(2)16-11-17-22(31)15-6-7-19-26(3,4)36-20-12-21(30)37-29(19,20)25(33)28(15,35-17)9-8-27(16,5)38-23/h11,13-16,18-20,23,25,33H,6-10,12H2,1-5H3. The average molecular weight is 531 g/mol. The number of hydrogen-bond acceptors (Lipinski definition) is 9. The van der Waals surface area contributed by atoms with E-state index >= 15 is 0 Å². The first kappa shape index (κ1) is 25.0. The topological polar surface area (TPSA) is 118 Å². The first-order valence-electron chi connectivity index (χ1n) is 14.2. The summed E-state index contributed by atoms with van der Waals surface area (Å²) < 4.78 is 31.4. The zero-order chi connectivity index (χ0) is 27.0. The van der Waals surface area contributed by atoms with Crippen LogP contribution >= 0.6 is 0 Å². The lowest BCUT2D eigenvalue weighted by atomic mass is 9.67. The second-order valence-corrected chi connectivity index (χ2v) is 13.7. The first-order chi connectivity index (χ1) is 17.8. The van der Waals surface area contributed by atoms with E-state index in [2.05, 4.69) is 13.8 Å². The van der Waals surface area contributed by atoms with Crippen LogP contribution in [0.25, 0.3) is 0 Å². The van der Waals surface area contributed by atoms with E-state index in [1.807, 2.05) is 26.8 Å². The molecule has 2 spiro atoms. The Morgan fingerprint density at radius 2 is 1.76 bits per heavy atom. The lowest BCUT2D eigenvalue weighted by molar-refractivity contribution is -0.208. The van der Waals surface area contributed by atoms with Gasteiger partial charge in [0.1, 0.15) is 23.9 Å². The number of allylic oxidation sites excluding steroid dienone is 1. The van der Waals surface area contributed by atoms with Gasteiger partial charge < -0.3 is 28.8 Å². The molecule has 0 aromatic carbocycles. The predicted molar refractivity (Wildman–Crippen MR) is 130 cm³/mol. The van der Waals surface area contributed by atoms with Crippen LogP contribution in [0.5, 0.6) is 0 Å². The van der Waals surface area contributed by atoms with Gasteiger partial charge in [0.2, 0.25) is 5.78 Å². The van der Waals surface area contributed by atoms with Gasteiger partial charge >= 0.3 is 11.9 Å². The number of esters is 2. The van der Waals surface area contributed by atoms with Gasteiger partial charge in [-0.05, 0) is 64.9 Å². The highest BCUT2D eigenvalue weighted by atomic mass is 16.6. The van der Waals surface area contributed by atoms with Crippen LogP contribution in [-0.4, -0.2) is 69.6 Å². The fraction of sp³-hybridized carbons (Fsp3) is 0.828. The summed E-state index contributed by atoms with van der Waals surface area (Å²) in [6, 6.07) is 0. The first-order valence-corrected chi connectivity index (χ1v) is 14.2. The van der Waals surface area contributed by atoms with Crippen molar-refractivity contribution in [2.24, 2.45) is 29.6 Å². The number of fused-ring (bicyclic) bond motifs is 2. The molecule has 5 saturated heterocycles. The maximum absolute atomic E-state index is 13.9. The largest absolute Gasteiger partial charge is 0.480 e. The van der Waals surface area contributed by atoms with Gasteiger partial charge in [-0.25, -0.2) is 0 Å². The third kappa shape index (κ3) is 2.96. The molecule has 12 unspecified atom stereocenters. The highest BCUT2D eigenvalue weighted by Gasteiger charge is 2.77. The van der Waals surface area contributed by atoms with Crippen LogP contribution in [0.4, 0.5) is 0 Å². The average Bonchev–Trinajstić information content (AvgIpc) is 3.52. The molecule has 38 heavy (non-hydrogen) atoms. The predicted octanol–water partition coefficient (Wildman–Crippen LogP) is 2.61. The molecular weight excluding hydrogens is 492 g/mol. The van der Waals surface area contributed by atoms with E-state index in [1.54, 1.807) is 0 Å². The number of Topliss-reactive ketones (excluding diaryl/α,β-unsaturated/α-hetero) is 1. The molecule has 2 bridgehead atoms. The SMILES string of the molecule is CC1CC(C2OC3(C)CCC45OC(=CC3C2C)C(=O)C4CCC2C(C)(C)OC3CC(=O)OC32C5O)OC1=O. The van der Waals surface area contributed by atoms with Crippen molar-refractivity contribution in [3.05, 3.63) is 11.8 Å². The number of ether oxygens (including phenoxy) is 5. The lowest BCUT2D eigenvalue weighted by Crippen LogP contribution is -2.63. The van der Waals surface area contributed by atoms with E-state index in [9.17, 15) is 19.5 Å². The number of carbonyl (C=O) groups excluding carboxylic acids is 3. The van der Waals surface area contributed by atoms with Gasteiger partial charge in [-0.2, -0.15) is 0 Å². The van der Waals surface area contributed by atoms with E-state index < -0.39 is 46.5 Å². The third-order valence-corrected chi connectivity index (χ3v) is 11.2. The number of aliphatic hydroxyl groups excluding tert-OH is 1. The molecule has 6 fully saturated rings. The monoisotopic (exact) mass is 530 g/mol. The molecule has 1 aliphatic carbocycles. The molecule has 9 nitrogen and oxygen atoms in total. The zero-order valence-electron chi connectivity index (χ0n) is 22.7. The Hall–Kier alpha value is -1.97. The summed E-state index contributed by atoms with van der Waals surface area (Å²) in [5.41, 5.74) is -3.75. The van der Waals surface area contributed by atoms with Crippen LogP contribution in [0.3, 0.4) is 0 Å². The van der Waals surface area contributed by atoms with Crippen molar-refractivity contribution in [2.75, 3.05) is 0 Å². The number of carbonyl (C=O) groups is 3. The normalized spacial score (nSPS) is 54.4. The van der Waals surface area contributed by atoms with E-state index in [1.165, 1.54) is 0 Å². The number of aliphatic hydroxyl groups is 1. The Bertz CT molecular complexity index is 1140. The Morgan fingerprint density at radius 3 is 2.47 bits per heavy atom. The number of ketones is 1. The summed E-state index contributed by atoms with van der Waals surface area (Å²) >= 11 is 0. The molecule has 9 heteroatoms. The Labute approximate surface area is 222 Å². The van der Waals surface area contributed by atoms with Gasteiger partial charge in [0, 0.05) is 11.8 Å². The quantitative estimate of drug-likeness (QED) is 0.511. The lowest BCUT2D eigenvalue weighted by Gasteiger charge is -2.46. The summed E-state index contributed by atoms with van der Waals surface area (Å²) in [4.78, 5) is 38.7. The van der Waals surface area contributed by atoms with Crippen molar-refractivity contribution < 1.29 is 43.2 Å². The van der Waals surface area contributed by atoms with E-state index in [0.717, 1.165) is 0 Å². The summed E-state index contributed by atoms with van der Waals surface area (Å²) in [6.45, 7) is 9.95. The summed E-state index contributed by atoms with van der Waals surface area (Å²) in [7, 11) is 0. The molecule has 0 radical (unpaired) electrons. The number of cyclic esters (lactones) is 1. The van der Waals surface area contributed by atoms with Gasteiger partial charge in [-0.1, -0.05) is 13.8 Å². The molecule has 7 rings (SSSR count). The van der Waals surface area contributed by atoms with Crippen LogP contribution in [0.2, 0.25) is 0 Å². The molecule has 0 aromatic rings.